The fourth-order valence-electron chi connectivity index (χ4n) is 1.02. The Morgan fingerprint density at radius 2 is 2.29 bits per heavy atom. The zero-order valence-corrected chi connectivity index (χ0v) is 9.47. The lowest BCUT2D eigenvalue weighted by molar-refractivity contribution is -0.379. The molecule has 0 spiro atoms. The predicted molar refractivity (Wildman–Crippen MR) is 55.7 cm³/mol. The summed E-state index contributed by atoms with van der Waals surface area (Å²) in [4.78, 5) is 20.0. The maximum Gasteiger partial charge on any atom is 0.337 e. The van der Waals surface area contributed by atoms with E-state index in [0.29, 0.717) is 6.42 Å². The molecule has 0 aromatic carbocycles. The minimum absolute atomic E-state index is 0.0376. The van der Waals surface area contributed by atoms with Crippen molar-refractivity contribution in [3.05, 3.63) is 21.1 Å². The molecule has 0 saturated heterocycles. The third-order valence-electron chi connectivity index (χ3n) is 1.71. The summed E-state index contributed by atoms with van der Waals surface area (Å²) >= 11 is 0.963. The summed E-state index contributed by atoms with van der Waals surface area (Å²) in [5.41, 5.74) is 0. The molecule has 0 saturated carbocycles. The van der Waals surface area contributed by atoms with E-state index in [-0.39, 0.29) is 10.3 Å². The molecule has 1 N–H and O–H groups in total. The van der Waals surface area contributed by atoms with Gasteiger partial charge in [0.1, 0.15) is 5.30 Å². The molecule has 1 atom stereocenters. The van der Waals surface area contributed by atoms with Crippen molar-refractivity contribution in [2.24, 2.45) is 0 Å². The number of hydrogen-bond acceptors (Lipinski definition) is 4. The van der Waals surface area contributed by atoms with E-state index in [2.05, 4.69) is 0 Å². The van der Waals surface area contributed by atoms with Crippen LogP contribution in [0.15, 0.2) is 6.07 Å². The lowest BCUT2D eigenvalue weighted by Crippen LogP contribution is -2.05. The topological polar surface area (TPSA) is 80.4 Å². The summed E-state index contributed by atoms with van der Waals surface area (Å²) in [5.74, 6) is 0. The van der Waals surface area contributed by atoms with Gasteiger partial charge < -0.3 is 4.89 Å². The minimum atomic E-state index is -3.53. The van der Waals surface area contributed by atoms with Crippen LogP contribution >= 0.6 is 18.7 Å². The third kappa shape index (κ3) is 2.20. The zero-order valence-electron chi connectivity index (χ0n) is 7.76. The Labute approximate surface area is 85.0 Å². The van der Waals surface area contributed by atoms with Crippen LogP contribution in [0.4, 0.5) is 5.00 Å². The number of aryl methyl sites for hydroxylation is 1. The van der Waals surface area contributed by atoms with Crippen LogP contribution in [0.3, 0.4) is 0 Å². The van der Waals surface area contributed by atoms with Crippen LogP contribution in [-0.2, 0) is 11.0 Å². The molecule has 1 aromatic rings. The molecular weight excluding hydrogens is 225 g/mol. The molecular formula is C7H10NO4PS. The van der Waals surface area contributed by atoms with Gasteiger partial charge in [-0.3, -0.25) is 14.7 Å². The average Bonchev–Trinajstić information content (AvgIpc) is 2.46. The van der Waals surface area contributed by atoms with Crippen molar-refractivity contribution in [3.8, 4) is 0 Å². The van der Waals surface area contributed by atoms with Crippen molar-refractivity contribution in [2.45, 2.75) is 13.3 Å². The number of hydrogen-bond donors (Lipinski definition) is 1. The van der Waals surface area contributed by atoms with E-state index >= 15 is 0 Å². The Kier molecular flexibility index (Phi) is 3.09. The SMILES string of the molecule is CCc1cc(P(C)(=O)O)c([N+](=O)[O-])s1. The van der Waals surface area contributed by atoms with Gasteiger partial charge in [0, 0.05) is 11.5 Å². The van der Waals surface area contributed by atoms with Crippen molar-refractivity contribution in [2.75, 3.05) is 6.66 Å². The van der Waals surface area contributed by atoms with Crippen LogP contribution in [0.1, 0.15) is 11.8 Å². The second kappa shape index (κ2) is 3.81. The highest BCUT2D eigenvalue weighted by Crippen LogP contribution is 2.41. The van der Waals surface area contributed by atoms with Gasteiger partial charge in [-0.1, -0.05) is 18.3 Å². The quantitative estimate of drug-likeness (QED) is 0.491. The van der Waals surface area contributed by atoms with Crippen LogP contribution in [0, 0.1) is 10.1 Å². The summed E-state index contributed by atoms with van der Waals surface area (Å²) in [6.07, 6.45) is 0.630. The summed E-state index contributed by atoms with van der Waals surface area (Å²) in [5, 5.41) is 10.3. The van der Waals surface area contributed by atoms with E-state index in [4.69, 9.17) is 0 Å². The lowest BCUT2D eigenvalue weighted by atomic mass is 10.4. The second-order valence-corrected chi connectivity index (χ2v) is 6.25. The molecule has 0 aliphatic rings. The van der Waals surface area contributed by atoms with Crippen LogP contribution in [-0.4, -0.2) is 16.5 Å². The molecule has 1 aromatic heterocycles. The fraction of sp³-hybridized carbons (Fsp3) is 0.429. The van der Waals surface area contributed by atoms with Crippen molar-refractivity contribution in [1.82, 2.24) is 0 Å². The number of nitro groups is 1. The summed E-state index contributed by atoms with van der Waals surface area (Å²) in [7, 11) is -3.53. The van der Waals surface area contributed by atoms with E-state index in [0.717, 1.165) is 22.9 Å². The third-order valence-corrected chi connectivity index (χ3v) is 4.32. The highest BCUT2D eigenvalue weighted by Gasteiger charge is 2.29. The van der Waals surface area contributed by atoms with Crippen molar-refractivity contribution in [3.63, 3.8) is 0 Å². The first-order valence-electron chi connectivity index (χ1n) is 3.94. The molecule has 7 heteroatoms. The van der Waals surface area contributed by atoms with Crippen molar-refractivity contribution in [1.29, 1.82) is 0 Å². The number of nitrogens with zero attached hydrogens (tertiary/aromatic N) is 1. The molecule has 0 bridgehead atoms. The summed E-state index contributed by atoms with van der Waals surface area (Å²) in [6.45, 7) is 2.96. The maximum atomic E-state index is 11.3. The Balaban J connectivity index is 3.34. The largest absolute Gasteiger partial charge is 0.341 e. The first kappa shape index (κ1) is 11.4. The first-order chi connectivity index (χ1) is 6.36. The molecule has 0 fully saturated rings. The molecule has 78 valence electrons. The van der Waals surface area contributed by atoms with Gasteiger partial charge in [0.25, 0.3) is 0 Å². The highest BCUT2D eigenvalue weighted by atomic mass is 32.1. The van der Waals surface area contributed by atoms with Crippen LogP contribution < -0.4 is 5.30 Å². The van der Waals surface area contributed by atoms with E-state index in [9.17, 15) is 19.6 Å². The van der Waals surface area contributed by atoms with Crippen LogP contribution in [0.25, 0.3) is 0 Å². The monoisotopic (exact) mass is 235 g/mol. The van der Waals surface area contributed by atoms with E-state index in [1.807, 2.05) is 6.92 Å². The minimum Gasteiger partial charge on any atom is -0.341 e. The normalized spacial score (nSPS) is 15.1. The van der Waals surface area contributed by atoms with Gasteiger partial charge in [-0.05, 0) is 12.5 Å². The second-order valence-electron chi connectivity index (χ2n) is 2.89. The molecule has 14 heavy (non-hydrogen) atoms. The molecule has 1 heterocycles. The first-order valence-corrected chi connectivity index (χ1v) is 6.86. The Morgan fingerprint density at radius 3 is 2.57 bits per heavy atom. The summed E-state index contributed by atoms with van der Waals surface area (Å²) in [6, 6.07) is 1.45. The van der Waals surface area contributed by atoms with Gasteiger partial charge in [-0.15, -0.1) is 0 Å². The van der Waals surface area contributed by atoms with E-state index in [1.54, 1.807) is 0 Å². The van der Waals surface area contributed by atoms with Gasteiger partial charge in [0.05, 0.1) is 4.92 Å². The van der Waals surface area contributed by atoms with Crippen LogP contribution in [0.5, 0.6) is 0 Å². The molecule has 0 amide bonds. The molecule has 1 rings (SSSR count). The Hall–Kier alpha value is -0.710. The highest BCUT2D eigenvalue weighted by molar-refractivity contribution is 7.66. The van der Waals surface area contributed by atoms with Crippen molar-refractivity contribution < 1.29 is 14.4 Å². The van der Waals surface area contributed by atoms with Gasteiger partial charge in [0.2, 0.25) is 7.37 Å². The van der Waals surface area contributed by atoms with Crippen LogP contribution in [0.2, 0.25) is 0 Å². The fourth-order valence-corrected chi connectivity index (χ4v) is 3.39. The van der Waals surface area contributed by atoms with Gasteiger partial charge in [-0.2, -0.15) is 0 Å². The number of thiophene rings is 1. The standard InChI is InChI=1S/C7H10NO4PS/c1-3-5-4-6(13(2,11)12)7(14-5)8(9)10/h4H,3H2,1-2H3,(H,11,12). The average molecular weight is 235 g/mol. The Morgan fingerprint density at radius 1 is 1.71 bits per heavy atom. The van der Waals surface area contributed by atoms with Crippen molar-refractivity contribution >= 4 is 29.0 Å². The van der Waals surface area contributed by atoms with Gasteiger partial charge in [0.15, 0.2) is 0 Å². The van der Waals surface area contributed by atoms with Gasteiger partial charge >= 0.3 is 5.00 Å². The zero-order chi connectivity index (χ0) is 10.9. The maximum absolute atomic E-state index is 11.3. The lowest BCUT2D eigenvalue weighted by Gasteiger charge is -2.00. The smallest absolute Gasteiger partial charge is 0.337 e. The summed E-state index contributed by atoms with van der Waals surface area (Å²) < 4.78 is 11.3. The molecule has 0 radical (unpaired) electrons. The number of rotatable bonds is 3. The van der Waals surface area contributed by atoms with E-state index < -0.39 is 12.3 Å². The Bertz CT molecular complexity index is 408. The molecule has 5 nitrogen and oxygen atoms in total. The molecule has 0 aliphatic heterocycles. The van der Waals surface area contributed by atoms with E-state index in [1.165, 1.54) is 6.07 Å². The molecule has 1 unspecified atom stereocenters. The van der Waals surface area contributed by atoms with Gasteiger partial charge in [-0.25, -0.2) is 0 Å². The molecule has 0 aliphatic carbocycles. The predicted octanol–water partition coefficient (Wildman–Crippen LogP) is 1.74.